The second-order valence-electron chi connectivity index (χ2n) is 6.33. The number of rotatable bonds is 6. The van der Waals surface area contributed by atoms with Gasteiger partial charge in [0.1, 0.15) is 17.3 Å². The number of nitrogens with one attached hydrogen (secondary N) is 1. The van der Waals surface area contributed by atoms with E-state index in [0.29, 0.717) is 28.1 Å². The molecular weight excluding hydrogens is 507 g/mol. The van der Waals surface area contributed by atoms with Crippen molar-refractivity contribution < 1.29 is 4.74 Å². The molecule has 2 aromatic heterocycles. The molecule has 0 saturated heterocycles. The third-order valence-corrected chi connectivity index (χ3v) is 6.13. The summed E-state index contributed by atoms with van der Waals surface area (Å²) in [5, 5.41) is 8.88. The second-order valence-corrected chi connectivity index (χ2v) is 8.84. The molecule has 0 radical (unpaired) electrons. The maximum absolute atomic E-state index is 6.43. The smallest absolute Gasteiger partial charge is 0.135 e. The average molecular weight is 522 g/mol. The number of halogens is 3. The van der Waals surface area contributed by atoms with Crippen LogP contribution in [0.25, 0.3) is 21.7 Å². The van der Waals surface area contributed by atoms with Crippen molar-refractivity contribution in [3.8, 4) is 27.4 Å². The summed E-state index contributed by atoms with van der Waals surface area (Å²) in [6.45, 7) is 0.597. The van der Waals surface area contributed by atoms with Crippen LogP contribution in [0.2, 0.25) is 10.0 Å². The molecule has 152 valence electrons. The van der Waals surface area contributed by atoms with Crippen LogP contribution in [0, 0.1) is 0 Å². The Morgan fingerprint density at radius 1 is 1.07 bits per heavy atom. The van der Waals surface area contributed by atoms with Gasteiger partial charge in [-0.25, -0.2) is 4.98 Å². The largest absolute Gasteiger partial charge is 0.497 e. The number of pyridine rings is 1. The Bertz CT molecular complexity index is 1180. The molecule has 4 aromatic rings. The minimum Gasteiger partial charge on any atom is -0.497 e. The van der Waals surface area contributed by atoms with Gasteiger partial charge in [0.15, 0.2) is 0 Å². The number of anilines is 1. The van der Waals surface area contributed by atoms with Crippen LogP contribution in [0.15, 0.2) is 59.2 Å². The van der Waals surface area contributed by atoms with Gasteiger partial charge in [0.2, 0.25) is 0 Å². The van der Waals surface area contributed by atoms with Crippen LogP contribution in [-0.2, 0) is 6.54 Å². The molecule has 0 bridgehead atoms. The zero-order valence-corrected chi connectivity index (χ0v) is 19.6. The Labute approximate surface area is 196 Å². The quantitative estimate of drug-likeness (QED) is 0.297. The van der Waals surface area contributed by atoms with Gasteiger partial charge in [-0.2, -0.15) is 0 Å². The second kappa shape index (κ2) is 9.31. The highest BCUT2D eigenvalue weighted by atomic mass is 79.9. The van der Waals surface area contributed by atoms with Gasteiger partial charge in [0.25, 0.3) is 0 Å². The predicted molar refractivity (Wildman–Crippen MR) is 127 cm³/mol. The molecule has 4 rings (SSSR count). The molecule has 0 unspecified atom stereocenters. The summed E-state index contributed by atoms with van der Waals surface area (Å²) in [4.78, 5) is 5.41. The number of aromatic nitrogens is 3. The van der Waals surface area contributed by atoms with Gasteiger partial charge in [-0.1, -0.05) is 45.9 Å². The SMILES string of the molecule is COc1ccc(CNc2ncc(Br)cc2-c2nnsc2-c2ccc(Cl)cc2Cl)cc1. The zero-order chi connectivity index (χ0) is 21.1. The monoisotopic (exact) mass is 520 g/mol. The minimum atomic E-state index is 0.547. The summed E-state index contributed by atoms with van der Waals surface area (Å²) in [7, 11) is 1.65. The van der Waals surface area contributed by atoms with Gasteiger partial charge in [-0.3, -0.25) is 0 Å². The van der Waals surface area contributed by atoms with Crippen LogP contribution in [0.3, 0.4) is 0 Å². The van der Waals surface area contributed by atoms with Gasteiger partial charge >= 0.3 is 0 Å². The first-order valence-electron chi connectivity index (χ1n) is 8.85. The third kappa shape index (κ3) is 4.59. The predicted octanol–water partition coefficient (Wildman–Crippen LogP) is 6.96. The normalized spacial score (nSPS) is 10.8. The molecule has 5 nitrogen and oxygen atoms in total. The van der Waals surface area contributed by atoms with Gasteiger partial charge in [0, 0.05) is 33.4 Å². The van der Waals surface area contributed by atoms with E-state index in [1.807, 2.05) is 36.4 Å². The fraction of sp³-hybridized carbons (Fsp3) is 0.0952. The van der Waals surface area contributed by atoms with Crippen molar-refractivity contribution in [1.29, 1.82) is 0 Å². The molecule has 0 aliphatic heterocycles. The first-order valence-corrected chi connectivity index (χ1v) is 11.2. The molecule has 2 aromatic carbocycles. The molecule has 0 aliphatic rings. The van der Waals surface area contributed by atoms with E-state index in [1.54, 1.807) is 25.4 Å². The van der Waals surface area contributed by atoms with Gasteiger partial charge < -0.3 is 10.1 Å². The highest BCUT2D eigenvalue weighted by Gasteiger charge is 2.19. The number of methoxy groups -OCH3 is 1. The Morgan fingerprint density at radius 2 is 1.87 bits per heavy atom. The summed E-state index contributed by atoms with van der Waals surface area (Å²) in [5.74, 6) is 1.52. The lowest BCUT2D eigenvalue weighted by Crippen LogP contribution is -2.03. The number of nitrogens with zero attached hydrogens (tertiary/aromatic N) is 3. The van der Waals surface area contributed by atoms with E-state index >= 15 is 0 Å². The van der Waals surface area contributed by atoms with Crippen LogP contribution < -0.4 is 10.1 Å². The Kier molecular flexibility index (Phi) is 6.53. The fourth-order valence-corrected chi connectivity index (χ4v) is 4.52. The van der Waals surface area contributed by atoms with E-state index in [2.05, 4.69) is 35.8 Å². The lowest BCUT2D eigenvalue weighted by Gasteiger charge is -2.12. The molecule has 0 amide bonds. The highest BCUT2D eigenvalue weighted by Crippen LogP contribution is 2.40. The van der Waals surface area contributed by atoms with E-state index in [9.17, 15) is 0 Å². The Hall–Kier alpha value is -2.19. The molecule has 30 heavy (non-hydrogen) atoms. The van der Waals surface area contributed by atoms with Crippen LogP contribution >= 0.6 is 50.7 Å². The summed E-state index contributed by atoms with van der Waals surface area (Å²) in [5.41, 5.74) is 3.46. The third-order valence-electron chi connectivity index (χ3n) is 4.39. The lowest BCUT2D eigenvalue weighted by atomic mass is 10.1. The molecule has 0 fully saturated rings. The average Bonchev–Trinajstić information content (AvgIpc) is 3.22. The van der Waals surface area contributed by atoms with Crippen molar-refractivity contribution in [3.63, 3.8) is 0 Å². The van der Waals surface area contributed by atoms with Crippen molar-refractivity contribution in [3.05, 3.63) is 74.8 Å². The topological polar surface area (TPSA) is 59.9 Å². The summed E-state index contributed by atoms with van der Waals surface area (Å²) < 4.78 is 10.2. The lowest BCUT2D eigenvalue weighted by molar-refractivity contribution is 0.414. The summed E-state index contributed by atoms with van der Waals surface area (Å²) in [6, 6.07) is 15.2. The summed E-state index contributed by atoms with van der Waals surface area (Å²) in [6.07, 6.45) is 1.74. The van der Waals surface area contributed by atoms with Crippen LogP contribution in [0.4, 0.5) is 5.82 Å². The maximum atomic E-state index is 6.43. The number of benzene rings is 2. The van der Waals surface area contributed by atoms with Gasteiger partial charge in [0.05, 0.1) is 17.0 Å². The molecule has 0 aliphatic carbocycles. The molecule has 0 saturated carbocycles. The maximum Gasteiger partial charge on any atom is 0.135 e. The van der Waals surface area contributed by atoms with Crippen molar-refractivity contribution in [2.24, 2.45) is 0 Å². The zero-order valence-electron chi connectivity index (χ0n) is 15.7. The van der Waals surface area contributed by atoms with Crippen LogP contribution in [0.1, 0.15) is 5.56 Å². The van der Waals surface area contributed by atoms with Gasteiger partial charge in [-0.15, -0.1) is 5.10 Å². The first kappa shape index (κ1) is 21.1. The van der Waals surface area contributed by atoms with E-state index in [1.165, 1.54) is 11.5 Å². The Morgan fingerprint density at radius 3 is 2.60 bits per heavy atom. The van der Waals surface area contributed by atoms with E-state index in [0.717, 1.165) is 31.8 Å². The van der Waals surface area contributed by atoms with Crippen LogP contribution in [0.5, 0.6) is 5.75 Å². The van der Waals surface area contributed by atoms with E-state index in [4.69, 9.17) is 27.9 Å². The van der Waals surface area contributed by atoms with Crippen molar-refractivity contribution >= 4 is 56.5 Å². The van der Waals surface area contributed by atoms with Gasteiger partial charge in [-0.05, 0) is 63.4 Å². The molecule has 0 atom stereocenters. The van der Waals surface area contributed by atoms with E-state index < -0.39 is 0 Å². The fourth-order valence-electron chi connectivity index (χ4n) is 2.91. The molecular formula is C21H15BrCl2N4OS. The molecule has 1 N–H and O–H groups in total. The highest BCUT2D eigenvalue weighted by molar-refractivity contribution is 9.10. The van der Waals surface area contributed by atoms with Crippen LogP contribution in [-0.4, -0.2) is 21.7 Å². The number of hydrogen-bond donors (Lipinski definition) is 1. The summed E-state index contributed by atoms with van der Waals surface area (Å²) >= 11 is 17.3. The number of ether oxygens (including phenoxy) is 1. The van der Waals surface area contributed by atoms with Crippen molar-refractivity contribution in [2.75, 3.05) is 12.4 Å². The Balaban J connectivity index is 1.68. The number of hydrogen-bond acceptors (Lipinski definition) is 6. The molecule has 9 heteroatoms. The molecule has 2 heterocycles. The first-order chi connectivity index (χ1) is 14.5. The van der Waals surface area contributed by atoms with Crippen molar-refractivity contribution in [1.82, 2.24) is 14.6 Å². The van der Waals surface area contributed by atoms with E-state index in [-0.39, 0.29) is 0 Å². The standard InChI is InChI=1S/C21H15BrCl2N4OS/c1-29-15-5-2-12(3-6-15)10-25-21-17(8-13(22)11-26-21)19-20(30-28-27-19)16-7-4-14(23)9-18(16)24/h2-9,11H,10H2,1H3,(H,25,26). The molecule has 0 spiro atoms. The van der Waals surface area contributed by atoms with Crippen molar-refractivity contribution in [2.45, 2.75) is 6.54 Å². The minimum absolute atomic E-state index is 0.547.